The molecule has 1 rings (SSSR count). The van der Waals surface area contributed by atoms with E-state index < -0.39 is 135 Å². The van der Waals surface area contributed by atoms with Crippen molar-refractivity contribution in [3.05, 3.63) is 23.8 Å². The van der Waals surface area contributed by atoms with Gasteiger partial charge in [-0.15, -0.1) is 0 Å². The van der Waals surface area contributed by atoms with E-state index in [1.54, 1.807) is 4.90 Å². The molecule has 1 aromatic rings. The van der Waals surface area contributed by atoms with Gasteiger partial charge < -0.3 is 38.9 Å². The molecule has 0 spiro atoms. The first-order valence-corrected chi connectivity index (χ1v) is 90.1. The lowest BCUT2D eigenvalue weighted by Gasteiger charge is -2.32. The van der Waals surface area contributed by atoms with Gasteiger partial charge in [-0.25, -0.2) is 0 Å². The number of benzene rings is 1. The Morgan fingerprint density at radius 3 is 0.634 bits per heavy atom. The molecule has 0 saturated carbocycles. The standard InChI is InChI=1S/C94H206N6O17S5Si9/c1-23-95(24-2)50-37-68-123(8,9)74-45-85-130(21,87-47-77-126(14,15)71-40-53-98(28-6)57-64-119(104,105)106)81-35-32-61-116-93-89-92(90-94(91-93)117-62-33-36-82-131(22,86-46-75-124(10,11)69-38-51-96(25-3)26-4)88-48-78-127(16,17)72-41-54-99(29-7)58-65-120(107,108)109)49-31-30-34-80-129(20,83-43-76-125(12,13)70-39-52-97(27-5)56-63-118(101,102)103)84-44-79-128(18,19)73-42-55-100(59-66-121(110,111)112)60-67-122(113,114)115/h89-91H,23-88H2,1-22H3,(H,101,102,103)(H,104,105,106)(H,107,108,109)(H,110,111,112)(H,113,114,115). The van der Waals surface area contributed by atoms with Gasteiger partial charge in [-0.1, -0.05) is 338 Å². The van der Waals surface area contributed by atoms with Crippen LogP contribution in [-0.4, -0.2) is 327 Å². The molecule has 3 atom stereocenters. The van der Waals surface area contributed by atoms with E-state index in [1.807, 2.05) is 6.92 Å². The first-order chi connectivity index (χ1) is 60.7. The van der Waals surface area contributed by atoms with Crippen molar-refractivity contribution < 1.29 is 74.3 Å². The number of rotatable bonds is 88. The summed E-state index contributed by atoms with van der Waals surface area (Å²) in [6, 6.07) is 34.1. The second kappa shape index (κ2) is 65.4. The van der Waals surface area contributed by atoms with Gasteiger partial charge in [-0.2, -0.15) is 42.1 Å². The molecule has 23 nitrogen and oxygen atoms in total. The summed E-state index contributed by atoms with van der Waals surface area (Å²) >= 11 is 0. The van der Waals surface area contributed by atoms with Crippen LogP contribution in [0.4, 0.5) is 0 Å². The van der Waals surface area contributed by atoms with Crippen LogP contribution in [0.3, 0.4) is 0 Å². The second-order valence-corrected chi connectivity index (χ2v) is 101. The Bertz CT molecular complexity index is 3590. The van der Waals surface area contributed by atoms with Crippen molar-refractivity contribution in [2.45, 2.75) is 402 Å². The summed E-state index contributed by atoms with van der Waals surface area (Å²) in [4.78, 5) is 13.3. The molecule has 0 aromatic heterocycles. The van der Waals surface area contributed by atoms with Crippen LogP contribution in [0.25, 0.3) is 0 Å². The number of unbranched alkanes of at least 4 members (excludes halogenated alkanes) is 4. The molecule has 0 amide bonds. The number of nitrogens with zero attached hydrogens (tertiary/aromatic N) is 6. The van der Waals surface area contributed by atoms with E-state index in [2.05, 4.69) is 182 Å². The Morgan fingerprint density at radius 1 is 0.221 bits per heavy atom. The maximum atomic E-state index is 11.7. The molecule has 0 aliphatic carbocycles. The predicted molar refractivity (Wildman–Crippen MR) is 590 cm³/mol. The molecule has 5 N–H and O–H groups in total. The minimum absolute atomic E-state index is 0.00867. The van der Waals surface area contributed by atoms with Crippen molar-refractivity contribution in [1.82, 2.24) is 29.4 Å². The minimum Gasteiger partial charge on any atom is -0.493 e. The minimum atomic E-state index is -4.25. The summed E-state index contributed by atoms with van der Waals surface area (Å²) < 4.78 is 178. The third-order valence-corrected chi connectivity index (χ3v) is 67.8. The fraction of sp³-hybridized carbons (Fsp3) is 0.936. The van der Waals surface area contributed by atoms with Crippen molar-refractivity contribution in [2.24, 2.45) is 0 Å². The van der Waals surface area contributed by atoms with Crippen LogP contribution in [0.1, 0.15) is 176 Å². The molecule has 780 valence electrons. The molecule has 0 heterocycles. The van der Waals surface area contributed by atoms with Gasteiger partial charge in [0.25, 0.3) is 50.6 Å². The van der Waals surface area contributed by atoms with Crippen LogP contribution >= 0.6 is 0 Å². The lowest BCUT2D eigenvalue weighted by Crippen LogP contribution is -2.36. The van der Waals surface area contributed by atoms with Crippen molar-refractivity contribution >= 4 is 123 Å². The Balaban J connectivity index is 3.76. The summed E-state index contributed by atoms with van der Waals surface area (Å²) in [5.41, 5.74) is 1.27. The first kappa shape index (κ1) is 129. The van der Waals surface area contributed by atoms with E-state index in [4.69, 9.17) is 9.47 Å². The molecule has 0 fully saturated rings. The number of hydrogen-bond acceptors (Lipinski definition) is 18. The van der Waals surface area contributed by atoms with E-state index in [-0.39, 0.29) is 30.3 Å². The van der Waals surface area contributed by atoms with Crippen molar-refractivity contribution in [3.8, 4) is 11.5 Å². The summed E-state index contributed by atoms with van der Waals surface area (Å²) in [5.74, 6) is 0.139. The Labute approximate surface area is 817 Å². The van der Waals surface area contributed by atoms with Gasteiger partial charge in [0.05, 0.1) is 66.2 Å². The van der Waals surface area contributed by atoms with E-state index in [1.165, 1.54) is 210 Å². The highest BCUT2D eigenvalue weighted by Gasteiger charge is 2.35. The van der Waals surface area contributed by atoms with E-state index in [0.29, 0.717) is 39.4 Å². The van der Waals surface area contributed by atoms with Gasteiger partial charge in [-0.3, -0.25) is 22.8 Å². The van der Waals surface area contributed by atoms with Gasteiger partial charge in [0, 0.05) is 87.2 Å². The zero-order valence-electron chi connectivity index (χ0n) is 88.3. The largest absolute Gasteiger partial charge is 0.493 e. The maximum absolute atomic E-state index is 11.7. The highest BCUT2D eigenvalue weighted by Crippen LogP contribution is 2.38. The monoisotopic (exact) mass is 2100 g/mol. The van der Waals surface area contributed by atoms with Crippen molar-refractivity contribution in [1.29, 1.82) is 0 Å². The number of aryl methyl sites for hydroxylation is 1. The summed E-state index contributed by atoms with van der Waals surface area (Å²) in [7, 11) is -34.6. The van der Waals surface area contributed by atoms with Crippen LogP contribution in [0.5, 0.6) is 11.5 Å². The zero-order chi connectivity index (χ0) is 99.4. The highest BCUT2D eigenvalue weighted by molar-refractivity contribution is 7.86. The molecular weight excluding hydrogens is 1900 g/mol. The molecule has 0 aliphatic heterocycles. The fourth-order valence-corrected chi connectivity index (χ4v) is 51.4. The average Bonchev–Trinajstić information content (AvgIpc) is 0.867. The van der Waals surface area contributed by atoms with Gasteiger partial charge in [0.1, 0.15) is 11.5 Å². The molecule has 0 aliphatic rings. The van der Waals surface area contributed by atoms with E-state index in [0.717, 1.165) is 141 Å². The van der Waals surface area contributed by atoms with Gasteiger partial charge >= 0.3 is 0 Å². The lowest BCUT2D eigenvalue weighted by molar-refractivity contribution is 0.293. The first-order valence-electron chi connectivity index (χ1n) is 52.2. The van der Waals surface area contributed by atoms with Gasteiger partial charge in [-0.05, 0) is 167 Å². The molecule has 3 unspecified atom stereocenters. The summed E-state index contributed by atoms with van der Waals surface area (Å²) in [6.45, 7) is 68.7. The Hall–Kier alpha value is 0.0819. The molecule has 0 saturated heterocycles. The SMILES string of the molecule is CCN(CC)CCC[Si](C)(C)CCC[Si](C)(CCCCOc1cc(CCCCC[Si](C)(CCC[Si](C)(C)CCCN(CC)CCS(=O)(=O)O)CCC[Si](C)(C)CCCN(CCS(=O)(=O)O)CCS(=O)(=O)O)cc(OCCCC[Si](C)(CCC[Si](C)(C)CCCN(CC)CC)CCC[Si](C)(C)CCCN(CC)CCS(=O)(=O)O)c1)CCC[Si](C)(C)CCCN(CC)CCS(=O)(=O)O. The highest BCUT2D eigenvalue weighted by atomic mass is 32.2. The molecule has 131 heavy (non-hydrogen) atoms. The van der Waals surface area contributed by atoms with Crippen molar-refractivity contribution in [3.63, 3.8) is 0 Å². The second-order valence-electron chi connectivity index (χ2n) is 45.8. The summed E-state index contributed by atoms with van der Waals surface area (Å²) in [6.07, 6.45) is 22.9. The van der Waals surface area contributed by atoms with Crippen LogP contribution < -0.4 is 9.47 Å². The Kier molecular flexibility index (Phi) is 64.4. The van der Waals surface area contributed by atoms with E-state index >= 15 is 0 Å². The van der Waals surface area contributed by atoms with Gasteiger partial charge in [0.15, 0.2) is 0 Å². The quantitative estimate of drug-likeness (QED) is 0.0230. The third-order valence-electron chi connectivity index (χ3n) is 29.8. The molecule has 0 radical (unpaired) electrons. The average molecular weight is 2110 g/mol. The number of ether oxygens (including phenoxy) is 2. The molecular formula is C94H206N6O17S5Si9. The summed E-state index contributed by atoms with van der Waals surface area (Å²) in [5, 5.41) is 0. The zero-order valence-corrected chi connectivity index (χ0v) is 101. The van der Waals surface area contributed by atoms with Crippen LogP contribution in [-0.2, 0) is 57.0 Å². The van der Waals surface area contributed by atoms with Gasteiger partial charge in [0.2, 0.25) is 0 Å². The smallest absolute Gasteiger partial charge is 0.266 e. The number of hydrogen-bond donors (Lipinski definition) is 5. The lowest BCUT2D eigenvalue weighted by atomic mass is 10.1. The van der Waals surface area contributed by atoms with Crippen LogP contribution in [0.2, 0.25) is 225 Å². The third kappa shape index (κ3) is 71.2. The van der Waals surface area contributed by atoms with Crippen LogP contribution in [0, 0.1) is 0 Å². The predicted octanol–water partition coefficient (Wildman–Crippen LogP) is 23.3. The Morgan fingerprint density at radius 2 is 0.412 bits per heavy atom. The van der Waals surface area contributed by atoms with Crippen molar-refractivity contribution in [2.75, 3.05) is 160 Å². The molecule has 37 heteroatoms. The van der Waals surface area contributed by atoms with Crippen LogP contribution in [0.15, 0.2) is 18.2 Å². The van der Waals surface area contributed by atoms with E-state index in [9.17, 15) is 64.9 Å². The molecule has 0 bridgehead atoms. The fourth-order valence-electron chi connectivity index (χ4n) is 20.1. The normalized spacial score (nSPS) is 15.0. The topological polar surface area (TPSA) is 310 Å². The maximum Gasteiger partial charge on any atom is 0.266 e. The molecule has 1 aromatic carbocycles.